The van der Waals surface area contributed by atoms with Gasteiger partial charge in [0, 0.05) is 30.0 Å². The van der Waals surface area contributed by atoms with Crippen LogP contribution >= 0.6 is 0 Å². The van der Waals surface area contributed by atoms with E-state index in [-0.39, 0.29) is 39.9 Å². The van der Waals surface area contributed by atoms with Gasteiger partial charge in [-0.1, -0.05) is 6.07 Å². The van der Waals surface area contributed by atoms with Gasteiger partial charge in [0.1, 0.15) is 5.39 Å². The van der Waals surface area contributed by atoms with E-state index in [1.54, 1.807) is 13.8 Å². The first-order valence-electron chi connectivity index (χ1n) is 12.9. The lowest BCUT2D eigenvalue weighted by molar-refractivity contribution is 0.458. The summed E-state index contributed by atoms with van der Waals surface area (Å²) in [6.07, 6.45) is 4.73. The van der Waals surface area contributed by atoms with Gasteiger partial charge in [0.15, 0.2) is 17.3 Å². The minimum absolute atomic E-state index is 0.0905. The molecule has 4 heterocycles. The number of nitriles is 1. The van der Waals surface area contributed by atoms with Crippen molar-refractivity contribution in [3.8, 4) is 11.9 Å². The fraction of sp³-hybridized carbons (Fsp3) is 0.393. The summed E-state index contributed by atoms with van der Waals surface area (Å²) in [5.41, 5.74) is 2.99. The maximum Gasteiger partial charge on any atom is 0.278 e. The first-order chi connectivity index (χ1) is 18.1. The number of halogens is 1. The average molecular weight is 513 g/mol. The molecule has 0 atom stereocenters. The van der Waals surface area contributed by atoms with Crippen LogP contribution in [0.25, 0.3) is 16.9 Å². The number of fused-ring (bicyclic) bond motifs is 3. The lowest BCUT2D eigenvalue weighted by atomic mass is 9.91. The largest absolute Gasteiger partial charge is 0.324 e. The fourth-order valence-corrected chi connectivity index (χ4v) is 5.29. The Morgan fingerprint density at radius 3 is 2.71 bits per heavy atom. The third-order valence-corrected chi connectivity index (χ3v) is 7.55. The summed E-state index contributed by atoms with van der Waals surface area (Å²) < 4.78 is 18.1. The fourth-order valence-electron chi connectivity index (χ4n) is 5.29. The van der Waals surface area contributed by atoms with Crippen LogP contribution in [0.5, 0.6) is 0 Å². The van der Waals surface area contributed by atoms with Gasteiger partial charge < -0.3 is 10.6 Å². The molecule has 1 spiro atoms. The van der Waals surface area contributed by atoms with Crippen molar-refractivity contribution in [3.63, 3.8) is 0 Å². The summed E-state index contributed by atoms with van der Waals surface area (Å²) >= 11 is 0. The van der Waals surface area contributed by atoms with Crippen molar-refractivity contribution in [1.82, 2.24) is 29.6 Å². The van der Waals surface area contributed by atoms with E-state index < -0.39 is 11.2 Å². The topological polar surface area (TPSA) is 113 Å². The number of benzene rings is 1. The monoisotopic (exact) mass is 512 g/mol. The normalized spacial score (nSPS) is 16.0. The van der Waals surface area contributed by atoms with Crippen molar-refractivity contribution in [2.45, 2.75) is 64.0 Å². The van der Waals surface area contributed by atoms with Gasteiger partial charge in [-0.3, -0.25) is 4.79 Å². The van der Waals surface area contributed by atoms with Crippen LogP contribution < -0.4 is 16.2 Å². The first-order valence-corrected chi connectivity index (χ1v) is 12.9. The molecular weight excluding hydrogens is 483 g/mol. The minimum atomic E-state index is -0.947. The van der Waals surface area contributed by atoms with Crippen LogP contribution in [0.2, 0.25) is 0 Å². The van der Waals surface area contributed by atoms with E-state index in [1.165, 1.54) is 38.8 Å². The number of hydrogen-bond acceptors (Lipinski definition) is 7. The van der Waals surface area contributed by atoms with Crippen molar-refractivity contribution in [2.24, 2.45) is 0 Å². The maximum absolute atomic E-state index is 15.3. The van der Waals surface area contributed by atoms with Crippen molar-refractivity contribution in [1.29, 1.82) is 5.26 Å². The van der Waals surface area contributed by atoms with Crippen LogP contribution in [0.3, 0.4) is 0 Å². The van der Waals surface area contributed by atoms with Crippen LogP contribution in [0, 0.1) is 17.1 Å². The second-order valence-corrected chi connectivity index (χ2v) is 11.0. The molecule has 1 aromatic carbocycles. The molecule has 0 saturated heterocycles. The van der Waals surface area contributed by atoms with E-state index >= 15 is 4.39 Å². The highest BCUT2D eigenvalue weighted by Gasteiger charge is 2.46. The molecule has 0 amide bonds. The molecule has 1 fully saturated rings. The Bertz CT molecular complexity index is 1690. The molecule has 0 unspecified atom stereocenters. The second-order valence-electron chi connectivity index (χ2n) is 11.0. The number of nitrogens with one attached hydrogen (secondary N) is 2. The summed E-state index contributed by atoms with van der Waals surface area (Å²) in [6.45, 7) is 8.04. The molecule has 9 nitrogen and oxygen atoms in total. The standard InChI is InChI=1S/C28H29FN8O/c1-16(2)36-25(38)19-14-31-26(33-18-5-6-20-17(13-18)9-12-32-28(20)10-11-28)35-23(19)37(36)24-21(29)7-8-22(34-24)27(3,4)15-30/h5-8,13-14,16,32H,9-12H2,1-4H3,(H,31,33,35). The number of nitrogens with zero attached hydrogens (tertiary/aromatic N) is 6. The van der Waals surface area contributed by atoms with Gasteiger partial charge >= 0.3 is 0 Å². The van der Waals surface area contributed by atoms with Crippen molar-refractivity contribution < 1.29 is 4.39 Å². The van der Waals surface area contributed by atoms with Crippen LogP contribution in [0.15, 0.2) is 41.3 Å². The predicted molar refractivity (Wildman–Crippen MR) is 142 cm³/mol. The zero-order chi connectivity index (χ0) is 26.8. The van der Waals surface area contributed by atoms with Gasteiger partial charge in [0.05, 0.1) is 17.2 Å². The first kappa shape index (κ1) is 24.2. The number of anilines is 2. The molecule has 4 aromatic rings. The summed E-state index contributed by atoms with van der Waals surface area (Å²) in [4.78, 5) is 26.9. The summed E-state index contributed by atoms with van der Waals surface area (Å²) in [6, 6.07) is 10.9. The van der Waals surface area contributed by atoms with E-state index in [0.717, 1.165) is 31.5 Å². The molecule has 0 bridgehead atoms. The van der Waals surface area contributed by atoms with Crippen molar-refractivity contribution >= 4 is 22.7 Å². The van der Waals surface area contributed by atoms with Gasteiger partial charge in [-0.25, -0.2) is 23.7 Å². The van der Waals surface area contributed by atoms with Crippen molar-refractivity contribution in [3.05, 3.63) is 69.5 Å². The Balaban J connectivity index is 1.47. The second kappa shape index (κ2) is 8.46. The quantitative estimate of drug-likeness (QED) is 0.408. The van der Waals surface area contributed by atoms with Gasteiger partial charge in [-0.05, 0) is 82.3 Å². The Hall–Kier alpha value is -4.10. The van der Waals surface area contributed by atoms with Gasteiger partial charge in [0.2, 0.25) is 5.95 Å². The molecule has 2 N–H and O–H groups in total. The number of hydrogen-bond donors (Lipinski definition) is 2. The van der Waals surface area contributed by atoms with Crippen LogP contribution in [0.4, 0.5) is 16.0 Å². The molecular formula is C28H29FN8O. The molecule has 6 rings (SSSR count). The van der Waals surface area contributed by atoms with Gasteiger partial charge in [-0.2, -0.15) is 10.2 Å². The van der Waals surface area contributed by atoms with E-state index in [1.807, 2.05) is 19.9 Å². The summed E-state index contributed by atoms with van der Waals surface area (Å²) in [5, 5.41) is 16.8. The smallest absolute Gasteiger partial charge is 0.278 e. The van der Waals surface area contributed by atoms with E-state index in [2.05, 4.69) is 43.8 Å². The zero-order valence-corrected chi connectivity index (χ0v) is 21.8. The Labute approximate surface area is 219 Å². The third-order valence-electron chi connectivity index (χ3n) is 7.55. The molecule has 2 aliphatic rings. The number of aromatic nitrogens is 5. The Kier molecular flexibility index (Phi) is 5.40. The van der Waals surface area contributed by atoms with E-state index in [9.17, 15) is 10.1 Å². The number of pyridine rings is 1. The lowest BCUT2D eigenvalue weighted by Crippen LogP contribution is -2.36. The molecule has 1 aliphatic heterocycles. The van der Waals surface area contributed by atoms with Crippen molar-refractivity contribution in [2.75, 3.05) is 11.9 Å². The van der Waals surface area contributed by atoms with Crippen LogP contribution in [0.1, 0.15) is 63.4 Å². The predicted octanol–water partition coefficient (Wildman–Crippen LogP) is 4.38. The SMILES string of the molecule is CC(C)n1c(=O)c2cnc(Nc3ccc4c(c3)CCNC43CC3)nc2n1-c1nc(C(C)(C)C#N)ccc1F. The van der Waals surface area contributed by atoms with E-state index in [0.29, 0.717) is 5.69 Å². The lowest BCUT2D eigenvalue weighted by Gasteiger charge is -2.27. The average Bonchev–Trinajstić information content (AvgIpc) is 3.60. The highest BCUT2D eigenvalue weighted by Crippen LogP contribution is 2.49. The van der Waals surface area contributed by atoms with Gasteiger partial charge in [-0.15, -0.1) is 0 Å². The molecule has 0 radical (unpaired) electrons. The summed E-state index contributed by atoms with van der Waals surface area (Å²) in [7, 11) is 0. The molecule has 10 heteroatoms. The van der Waals surface area contributed by atoms with E-state index in [4.69, 9.17) is 0 Å². The van der Waals surface area contributed by atoms with Crippen LogP contribution in [-0.2, 0) is 17.4 Å². The summed E-state index contributed by atoms with van der Waals surface area (Å²) in [5.74, 6) is -0.428. The van der Waals surface area contributed by atoms with Gasteiger partial charge in [0.25, 0.3) is 5.56 Å². The highest BCUT2D eigenvalue weighted by atomic mass is 19.1. The minimum Gasteiger partial charge on any atom is -0.324 e. The molecule has 194 valence electrons. The third kappa shape index (κ3) is 3.77. The maximum atomic E-state index is 15.3. The molecule has 38 heavy (non-hydrogen) atoms. The molecule has 1 aliphatic carbocycles. The Morgan fingerprint density at radius 2 is 2.00 bits per heavy atom. The molecule has 1 saturated carbocycles. The van der Waals surface area contributed by atoms with Crippen LogP contribution in [-0.4, -0.2) is 30.9 Å². The molecule has 3 aromatic heterocycles. The number of rotatable bonds is 5. The Morgan fingerprint density at radius 1 is 1.21 bits per heavy atom. The zero-order valence-electron chi connectivity index (χ0n) is 21.8. The highest BCUT2D eigenvalue weighted by molar-refractivity contribution is 5.77.